The van der Waals surface area contributed by atoms with Gasteiger partial charge in [-0.25, -0.2) is 8.42 Å². The maximum absolute atomic E-state index is 12.3. The van der Waals surface area contributed by atoms with Gasteiger partial charge in [0.25, 0.3) is 10.0 Å². The first-order valence-electron chi connectivity index (χ1n) is 5.51. The van der Waals surface area contributed by atoms with Crippen molar-refractivity contribution in [2.24, 2.45) is 0 Å². The van der Waals surface area contributed by atoms with Crippen LogP contribution in [0, 0.1) is 6.92 Å². The molecule has 2 rings (SSSR count). The number of rotatable bonds is 4. The second kappa shape index (κ2) is 5.88. The fourth-order valence-electron chi connectivity index (χ4n) is 1.58. The van der Waals surface area contributed by atoms with E-state index in [0.29, 0.717) is 10.2 Å². The van der Waals surface area contributed by atoms with Gasteiger partial charge in [0.2, 0.25) is 0 Å². The fourth-order valence-corrected chi connectivity index (χ4v) is 4.12. The van der Waals surface area contributed by atoms with Crippen LogP contribution >= 0.6 is 31.9 Å². The highest BCUT2D eigenvalue weighted by atomic mass is 79.9. The molecule has 0 bridgehead atoms. The predicted octanol–water partition coefficient (Wildman–Crippen LogP) is 3.41. The van der Waals surface area contributed by atoms with Crippen LogP contribution in [0.25, 0.3) is 0 Å². The highest BCUT2D eigenvalue weighted by Gasteiger charge is 2.23. The van der Waals surface area contributed by atoms with Crippen LogP contribution < -0.4 is 4.72 Å². The summed E-state index contributed by atoms with van der Waals surface area (Å²) in [5, 5.41) is 8.97. The second-order valence-electron chi connectivity index (χ2n) is 4.10. The number of hydrogen-bond acceptors (Lipinski definition) is 4. The van der Waals surface area contributed by atoms with Crippen molar-refractivity contribution in [1.29, 1.82) is 0 Å². The van der Waals surface area contributed by atoms with E-state index in [2.05, 4.69) is 36.6 Å². The maximum atomic E-state index is 12.3. The smallest absolute Gasteiger partial charge is 0.266 e. The van der Waals surface area contributed by atoms with Crippen LogP contribution in [0.2, 0.25) is 0 Å². The number of aryl methyl sites for hydroxylation is 1. The summed E-state index contributed by atoms with van der Waals surface area (Å²) in [5.41, 5.74) is 1.36. The first kappa shape index (κ1) is 15.6. The van der Waals surface area contributed by atoms with Crippen LogP contribution in [0.5, 0.6) is 0 Å². The topological polar surface area (TPSA) is 79.5 Å². The Hall–Kier alpha value is -0.830. The highest BCUT2D eigenvalue weighted by Crippen LogP contribution is 2.30. The summed E-state index contributed by atoms with van der Waals surface area (Å²) >= 11 is 6.32. The third-order valence-corrected chi connectivity index (χ3v) is 5.43. The number of benzene rings is 1. The molecule has 0 unspecified atom stereocenters. The molecule has 2 aromatic rings. The summed E-state index contributed by atoms with van der Waals surface area (Å²) in [6.07, 6.45) is 0. The zero-order valence-corrected chi connectivity index (χ0v) is 14.3. The van der Waals surface area contributed by atoms with E-state index in [1.807, 2.05) is 13.0 Å². The normalized spacial score (nSPS) is 11.6. The Bertz CT molecular complexity index is 740. The van der Waals surface area contributed by atoms with E-state index in [-0.39, 0.29) is 21.9 Å². The summed E-state index contributed by atoms with van der Waals surface area (Å²) in [7, 11) is -3.80. The van der Waals surface area contributed by atoms with Crippen molar-refractivity contribution >= 4 is 47.6 Å². The van der Waals surface area contributed by atoms with Gasteiger partial charge in [-0.3, -0.25) is 4.72 Å². The van der Waals surface area contributed by atoms with Crippen molar-refractivity contribution in [2.75, 3.05) is 4.72 Å². The Morgan fingerprint density at radius 2 is 2.00 bits per heavy atom. The van der Waals surface area contributed by atoms with Gasteiger partial charge in [0.1, 0.15) is 17.3 Å². The van der Waals surface area contributed by atoms with Crippen molar-refractivity contribution in [1.82, 2.24) is 0 Å². The lowest BCUT2D eigenvalue weighted by molar-refractivity contribution is 0.245. The van der Waals surface area contributed by atoms with Crippen molar-refractivity contribution in [2.45, 2.75) is 18.4 Å². The lowest BCUT2D eigenvalue weighted by Crippen LogP contribution is -2.13. The van der Waals surface area contributed by atoms with E-state index < -0.39 is 10.0 Å². The number of aliphatic hydroxyl groups is 1. The molecule has 0 amide bonds. The maximum Gasteiger partial charge on any atom is 0.266 e. The Morgan fingerprint density at radius 1 is 1.30 bits per heavy atom. The van der Waals surface area contributed by atoms with Crippen LogP contribution in [0.1, 0.15) is 11.3 Å². The number of anilines is 1. The molecule has 1 heterocycles. The van der Waals surface area contributed by atoms with E-state index in [1.54, 1.807) is 12.1 Å². The van der Waals surface area contributed by atoms with Crippen molar-refractivity contribution < 1.29 is 17.9 Å². The van der Waals surface area contributed by atoms with Crippen molar-refractivity contribution in [3.63, 3.8) is 0 Å². The third kappa shape index (κ3) is 3.25. The van der Waals surface area contributed by atoms with Gasteiger partial charge >= 0.3 is 0 Å². The number of halogens is 2. The molecule has 5 nitrogen and oxygen atoms in total. The van der Waals surface area contributed by atoms with Crippen LogP contribution in [0.4, 0.5) is 5.69 Å². The van der Waals surface area contributed by atoms with Crippen molar-refractivity contribution in [3.05, 3.63) is 44.7 Å². The van der Waals surface area contributed by atoms with Gasteiger partial charge < -0.3 is 9.52 Å². The first-order chi connectivity index (χ1) is 9.33. The molecule has 0 aliphatic heterocycles. The molecular formula is C12H11Br2NO4S. The average molecular weight is 425 g/mol. The van der Waals surface area contributed by atoms with Crippen LogP contribution in [0.3, 0.4) is 0 Å². The molecule has 0 saturated carbocycles. The van der Waals surface area contributed by atoms with Gasteiger partial charge in [-0.15, -0.1) is 0 Å². The fraction of sp³-hybridized carbons (Fsp3) is 0.167. The summed E-state index contributed by atoms with van der Waals surface area (Å²) in [5.74, 6) is 0.167. The quantitative estimate of drug-likeness (QED) is 0.788. The number of furan rings is 1. The van der Waals surface area contributed by atoms with Gasteiger partial charge in [-0.1, -0.05) is 6.07 Å². The molecule has 0 atom stereocenters. The highest BCUT2D eigenvalue weighted by molar-refractivity contribution is 9.10. The number of aliphatic hydroxyl groups excluding tert-OH is 1. The van der Waals surface area contributed by atoms with E-state index >= 15 is 0 Å². The lowest BCUT2D eigenvalue weighted by atomic mass is 10.2. The molecule has 108 valence electrons. The Kier molecular flexibility index (Phi) is 4.58. The van der Waals surface area contributed by atoms with E-state index in [1.165, 1.54) is 6.07 Å². The number of sulfonamides is 1. The zero-order chi connectivity index (χ0) is 14.9. The second-order valence-corrected chi connectivity index (χ2v) is 7.32. The molecule has 0 radical (unpaired) electrons. The molecule has 0 aliphatic carbocycles. The SMILES string of the molecule is Cc1ccc(Br)c(NS(=O)(=O)c2cc(CO)oc2Br)c1. The van der Waals surface area contributed by atoms with Crippen molar-refractivity contribution in [3.8, 4) is 0 Å². The third-order valence-electron chi connectivity index (χ3n) is 2.52. The number of hydrogen-bond donors (Lipinski definition) is 2. The van der Waals surface area contributed by atoms with Crippen LogP contribution in [0.15, 0.2) is 42.7 Å². The molecule has 8 heteroatoms. The van der Waals surface area contributed by atoms with Gasteiger partial charge in [0.15, 0.2) is 4.67 Å². The first-order valence-corrected chi connectivity index (χ1v) is 8.58. The predicted molar refractivity (Wildman–Crippen MR) is 82.0 cm³/mol. The average Bonchev–Trinajstić information content (AvgIpc) is 2.76. The van der Waals surface area contributed by atoms with E-state index in [0.717, 1.165) is 5.56 Å². The van der Waals surface area contributed by atoms with E-state index in [4.69, 9.17) is 9.52 Å². The van der Waals surface area contributed by atoms with Crippen LogP contribution in [-0.4, -0.2) is 13.5 Å². The zero-order valence-electron chi connectivity index (χ0n) is 10.4. The molecule has 20 heavy (non-hydrogen) atoms. The minimum absolute atomic E-state index is 0.0535. The standard InChI is InChI=1S/C12H11Br2NO4S/c1-7-2-3-9(13)10(4-7)15-20(17,18)11-5-8(6-16)19-12(11)14/h2-5,15-16H,6H2,1H3. The summed E-state index contributed by atoms with van der Waals surface area (Å²) < 4.78 is 32.9. The molecule has 1 aromatic carbocycles. The molecule has 0 saturated heterocycles. The monoisotopic (exact) mass is 423 g/mol. The van der Waals surface area contributed by atoms with Crippen LogP contribution in [-0.2, 0) is 16.6 Å². The van der Waals surface area contributed by atoms with Gasteiger partial charge in [-0.05, 0) is 56.5 Å². The Morgan fingerprint density at radius 3 is 2.60 bits per heavy atom. The minimum Gasteiger partial charge on any atom is -0.450 e. The molecule has 2 N–H and O–H groups in total. The van der Waals surface area contributed by atoms with Gasteiger partial charge in [0.05, 0.1) is 5.69 Å². The minimum atomic E-state index is -3.80. The van der Waals surface area contributed by atoms with Gasteiger partial charge in [-0.2, -0.15) is 0 Å². The lowest BCUT2D eigenvalue weighted by Gasteiger charge is -2.09. The molecule has 0 spiro atoms. The Balaban J connectivity index is 2.40. The molecule has 0 fully saturated rings. The molecule has 0 aliphatic rings. The van der Waals surface area contributed by atoms with E-state index in [9.17, 15) is 8.42 Å². The number of nitrogens with one attached hydrogen (secondary N) is 1. The largest absolute Gasteiger partial charge is 0.450 e. The summed E-state index contributed by atoms with van der Waals surface area (Å²) in [6.45, 7) is 1.49. The summed E-state index contributed by atoms with van der Waals surface area (Å²) in [4.78, 5) is -0.0602. The molecule has 1 aromatic heterocycles. The Labute approximate surface area is 133 Å². The molecular weight excluding hydrogens is 414 g/mol. The van der Waals surface area contributed by atoms with Gasteiger partial charge in [0, 0.05) is 10.5 Å². The summed E-state index contributed by atoms with van der Waals surface area (Å²) in [6, 6.07) is 6.61.